The highest BCUT2D eigenvalue weighted by atomic mass is 17.2. The van der Waals surface area contributed by atoms with E-state index in [4.69, 9.17) is 24.0 Å². The van der Waals surface area contributed by atoms with Crippen LogP contribution in [0.1, 0.15) is 50.9 Å². The second kappa shape index (κ2) is 13.8. The van der Waals surface area contributed by atoms with Crippen LogP contribution in [0.2, 0.25) is 0 Å². The fourth-order valence-corrected chi connectivity index (χ4v) is 7.13. The molecule has 0 saturated carbocycles. The maximum atomic E-state index is 13.4. The number of aryl methyl sites for hydroxylation is 1. The van der Waals surface area contributed by atoms with E-state index in [0.29, 0.717) is 66.1 Å². The van der Waals surface area contributed by atoms with Gasteiger partial charge in [-0.25, -0.2) is 9.78 Å². The summed E-state index contributed by atoms with van der Waals surface area (Å²) in [7, 11) is 0. The lowest BCUT2D eigenvalue weighted by molar-refractivity contribution is -0.776. The molecule has 14 nitrogen and oxygen atoms in total. The van der Waals surface area contributed by atoms with E-state index in [1.54, 1.807) is 19.2 Å². The number of hydrogen-bond acceptors (Lipinski definition) is 12. The standard InChI is InChI=1S/C34H43N3O11/c1-4-23-20-6-8-35-22(20)14-37(23)29-32-19(11-21-24(39)9-17(2)46-33(21)29)12-27(34(3,47-32)7-5-18-10-28(42)36-13-18)48-45-16-26(41)31(44)30(43)25(40)15-38/h6,8-9,11,18,25-27,30-31,38,40-41,43-44H,4-5,7,10,12-16H2,1-3H3,(H,36,42)/p+1/t18-,25-,26+,27-,30-,31-,34-/m1/s1. The molecule has 48 heavy (non-hydrogen) atoms. The molecule has 1 amide bonds. The highest BCUT2D eigenvalue weighted by molar-refractivity contribution is 6.07. The summed E-state index contributed by atoms with van der Waals surface area (Å²) < 4.78 is 13.3. The Labute approximate surface area is 276 Å². The summed E-state index contributed by atoms with van der Waals surface area (Å²) in [4.78, 5) is 42.2. The van der Waals surface area contributed by atoms with Crippen molar-refractivity contribution in [3.05, 3.63) is 57.2 Å². The number of aliphatic imine (C=N–C) groups is 1. The number of nitrogens with one attached hydrogen (secondary N) is 2. The van der Waals surface area contributed by atoms with E-state index in [9.17, 15) is 30.0 Å². The average Bonchev–Trinajstić information content (AvgIpc) is 3.78. The van der Waals surface area contributed by atoms with Crippen LogP contribution in [0.15, 0.2) is 49.9 Å². The van der Waals surface area contributed by atoms with Crippen molar-refractivity contribution in [3.8, 4) is 5.75 Å². The number of amides is 1. The van der Waals surface area contributed by atoms with Crippen molar-refractivity contribution in [1.82, 2.24) is 5.32 Å². The van der Waals surface area contributed by atoms with Crippen molar-refractivity contribution in [2.75, 3.05) is 26.3 Å². The highest BCUT2D eigenvalue weighted by Gasteiger charge is 2.48. The third kappa shape index (κ3) is 6.46. The lowest BCUT2D eigenvalue weighted by atomic mass is 9.83. The van der Waals surface area contributed by atoms with Gasteiger partial charge in [0.25, 0.3) is 0 Å². The molecule has 1 unspecified atom stereocenters. The van der Waals surface area contributed by atoms with Crippen LogP contribution in [0.3, 0.4) is 0 Å². The van der Waals surface area contributed by atoms with Crippen LogP contribution >= 0.6 is 0 Å². The number of allylic oxidation sites excluding steroid dienone is 2. The lowest BCUT2D eigenvalue weighted by Crippen LogP contribution is -3.04. The maximum Gasteiger partial charge on any atom is 0.222 e. The first-order valence-electron chi connectivity index (χ1n) is 16.4. The Hall–Kier alpha value is -3.47. The number of benzene rings is 1. The SMILES string of the molecule is CCC1=C2C=CN=C2C[NH+]1c1c2c(cc3c(=O)cc(C)oc13)C[C@@H](OOC[C@H](O)[C@@H](O)[C@H](O)[C@H](O)CO)[C@@](C)(CC[C@H]1CNC(=O)C1)O2. The molecule has 7 N–H and O–H groups in total. The van der Waals surface area contributed by atoms with Crippen LogP contribution in [-0.4, -0.2) is 99.6 Å². The predicted molar refractivity (Wildman–Crippen MR) is 172 cm³/mol. The first kappa shape index (κ1) is 34.4. The summed E-state index contributed by atoms with van der Waals surface area (Å²) in [6, 6.07) is 3.21. The van der Waals surface area contributed by atoms with Gasteiger partial charge in [0.1, 0.15) is 66.4 Å². The molecule has 2 aromatic rings. The zero-order chi connectivity index (χ0) is 34.3. The van der Waals surface area contributed by atoms with Gasteiger partial charge in [0.2, 0.25) is 17.2 Å². The van der Waals surface area contributed by atoms with Crippen LogP contribution in [-0.2, 0) is 21.0 Å². The van der Waals surface area contributed by atoms with Crippen molar-refractivity contribution < 1.29 is 54.2 Å². The number of nitrogens with zero attached hydrogens (tertiary/aromatic N) is 1. The molecule has 1 aromatic heterocycles. The van der Waals surface area contributed by atoms with Gasteiger partial charge in [-0.3, -0.25) is 19.5 Å². The molecule has 1 fully saturated rings. The van der Waals surface area contributed by atoms with E-state index in [-0.39, 0.29) is 23.7 Å². The molecule has 4 aliphatic heterocycles. The van der Waals surface area contributed by atoms with E-state index in [1.807, 2.05) is 13.0 Å². The quantitative estimate of drug-likeness (QED) is 0.108. The molecular formula is C34H44N3O11+. The molecule has 0 radical (unpaired) electrons. The van der Waals surface area contributed by atoms with E-state index in [1.165, 1.54) is 6.07 Å². The summed E-state index contributed by atoms with van der Waals surface area (Å²) in [6.07, 6.45) is -1.43. The molecule has 0 spiro atoms. The molecule has 0 bridgehead atoms. The van der Waals surface area contributed by atoms with Gasteiger partial charge >= 0.3 is 0 Å². The average molecular weight is 671 g/mol. The normalized spacial score (nSPS) is 27.4. The van der Waals surface area contributed by atoms with Crippen LogP contribution in [0, 0.1) is 12.8 Å². The fraction of sp³-hybridized carbons (Fsp3) is 0.559. The van der Waals surface area contributed by atoms with Gasteiger partial charge in [0, 0.05) is 43.6 Å². The smallest absolute Gasteiger partial charge is 0.222 e. The van der Waals surface area contributed by atoms with Crippen molar-refractivity contribution in [2.45, 2.75) is 89.0 Å². The minimum absolute atomic E-state index is 0.00308. The summed E-state index contributed by atoms with van der Waals surface area (Å²) in [5.41, 5.74) is 3.75. The zero-order valence-corrected chi connectivity index (χ0v) is 27.3. The molecule has 5 heterocycles. The first-order valence-corrected chi connectivity index (χ1v) is 16.4. The van der Waals surface area contributed by atoms with Gasteiger partial charge in [-0.15, -0.1) is 0 Å². The molecule has 1 aromatic carbocycles. The van der Waals surface area contributed by atoms with Gasteiger partial charge in [0.05, 0.1) is 17.6 Å². The van der Waals surface area contributed by atoms with E-state index in [0.717, 1.165) is 28.3 Å². The van der Waals surface area contributed by atoms with Gasteiger partial charge < -0.3 is 40.0 Å². The minimum atomic E-state index is -1.82. The number of carbonyl (C=O) groups is 1. The van der Waals surface area contributed by atoms with Gasteiger partial charge in [-0.2, -0.15) is 0 Å². The number of aliphatic hydroxyl groups is 5. The first-order chi connectivity index (χ1) is 22.9. The summed E-state index contributed by atoms with van der Waals surface area (Å²) in [5.74, 6) is 1.14. The molecule has 0 aliphatic carbocycles. The Kier molecular flexibility index (Phi) is 9.89. The molecule has 4 aliphatic rings. The van der Waals surface area contributed by atoms with Crippen LogP contribution in [0.5, 0.6) is 5.75 Å². The van der Waals surface area contributed by atoms with Crippen LogP contribution in [0.4, 0.5) is 5.69 Å². The largest absolute Gasteiger partial charge is 0.478 e. The zero-order valence-electron chi connectivity index (χ0n) is 27.3. The van der Waals surface area contributed by atoms with E-state index < -0.39 is 49.3 Å². The monoisotopic (exact) mass is 670 g/mol. The number of aliphatic hydroxyl groups excluding tert-OH is 5. The third-order valence-corrected chi connectivity index (χ3v) is 9.92. The second-order valence-corrected chi connectivity index (χ2v) is 13.3. The minimum Gasteiger partial charge on any atom is -0.478 e. The Morgan fingerprint density at radius 1 is 1.15 bits per heavy atom. The number of quaternary nitrogens is 1. The van der Waals surface area contributed by atoms with Crippen LogP contribution < -0.4 is 20.4 Å². The van der Waals surface area contributed by atoms with Gasteiger partial charge in [-0.05, 0) is 44.7 Å². The van der Waals surface area contributed by atoms with Crippen molar-refractivity contribution in [1.29, 1.82) is 0 Å². The molecule has 14 heteroatoms. The topological polar surface area (TPSA) is 205 Å². The maximum absolute atomic E-state index is 13.4. The Morgan fingerprint density at radius 2 is 1.92 bits per heavy atom. The third-order valence-electron chi connectivity index (χ3n) is 9.92. The van der Waals surface area contributed by atoms with E-state index in [2.05, 4.69) is 17.2 Å². The molecule has 6 rings (SSSR count). The summed E-state index contributed by atoms with van der Waals surface area (Å²) >= 11 is 0. The Bertz CT molecular complexity index is 1720. The lowest BCUT2D eigenvalue weighted by Gasteiger charge is -2.42. The van der Waals surface area contributed by atoms with Crippen molar-refractivity contribution in [2.24, 2.45) is 10.9 Å². The van der Waals surface area contributed by atoms with E-state index >= 15 is 0 Å². The number of fused-ring (bicyclic) bond motifs is 3. The fourth-order valence-electron chi connectivity index (χ4n) is 7.13. The molecule has 260 valence electrons. The van der Waals surface area contributed by atoms with Crippen molar-refractivity contribution >= 4 is 28.3 Å². The number of carbonyl (C=O) groups excluding carboxylic acids is 1. The second-order valence-electron chi connectivity index (χ2n) is 13.3. The Morgan fingerprint density at radius 3 is 2.62 bits per heavy atom. The number of rotatable bonds is 13. The summed E-state index contributed by atoms with van der Waals surface area (Å²) in [5, 5.41) is 52.7. The number of hydrogen-bond donors (Lipinski definition) is 7. The van der Waals surface area contributed by atoms with Crippen molar-refractivity contribution in [3.63, 3.8) is 0 Å². The molecular weight excluding hydrogens is 626 g/mol. The van der Waals surface area contributed by atoms with Gasteiger partial charge in [0.15, 0.2) is 11.2 Å². The summed E-state index contributed by atoms with van der Waals surface area (Å²) in [6.45, 7) is 5.43. The number of ether oxygens (including phenoxy) is 1. The highest BCUT2D eigenvalue weighted by Crippen LogP contribution is 2.45. The Balaban J connectivity index is 1.36. The van der Waals surface area contributed by atoms with Gasteiger partial charge in [-0.1, -0.05) is 6.92 Å². The van der Waals surface area contributed by atoms with Crippen LogP contribution in [0.25, 0.3) is 11.0 Å². The molecule has 1 saturated heterocycles. The predicted octanol–water partition coefficient (Wildman–Crippen LogP) is -0.374. The molecule has 8 atom stereocenters.